The van der Waals surface area contributed by atoms with Gasteiger partial charge in [0.05, 0.1) is 11.0 Å². The molecule has 0 N–H and O–H groups in total. The first-order valence-electron chi connectivity index (χ1n) is 22.0. The van der Waals surface area contributed by atoms with Gasteiger partial charge in [0, 0.05) is 80.0 Å². The number of benzene rings is 10. The standard InChI is InChI=1S/C60H43N3S3/c1-7-22-44(23-8-1)61(45-24-9-2-10-25-45)48-38-49(40-53(39-48)64-51-30-15-5-16-31-51)63-57-35-20-19-34-56(57)60-58(63)36-21-37-59(60)66-55-42-50(41-54(43-55)65-52-32-17-6-18-33-52)62(46-26-11-3-12-27-46)47-28-13-4-14-29-47/h1-43H. The summed E-state index contributed by atoms with van der Waals surface area (Å²) in [6.45, 7) is 0. The lowest BCUT2D eigenvalue weighted by atomic mass is 10.1. The van der Waals surface area contributed by atoms with E-state index in [0.717, 1.165) is 60.6 Å². The van der Waals surface area contributed by atoms with Crippen molar-refractivity contribution in [3.63, 3.8) is 0 Å². The van der Waals surface area contributed by atoms with Gasteiger partial charge in [-0.2, -0.15) is 0 Å². The van der Waals surface area contributed by atoms with Crippen LogP contribution in [0.3, 0.4) is 0 Å². The molecule has 0 saturated carbocycles. The lowest BCUT2D eigenvalue weighted by Crippen LogP contribution is -2.10. The normalized spacial score (nSPS) is 11.2. The van der Waals surface area contributed by atoms with Crippen molar-refractivity contribution in [2.45, 2.75) is 29.4 Å². The number of para-hydroxylation sites is 5. The predicted molar refractivity (Wildman–Crippen MR) is 282 cm³/mol. The molecule has 0 saturated heterocycles. The molecule has 0 aliphatic rings. The van der Waals surface area contributed by atoms with E-state index in [-0.39, 0.29) is 0 Å². The van der Waals surface area contributed by atoms with Crippen LogP contribution in [0.1, 0.15) is 0 Å². The zero-order chi connectivity index (χ0) is 44.1. The summed E-state index contributed by atoms with van der Waals surface area (Å²) in [5.41, 5.74) is 10.0. The maximum atomic E-state index is 2.46. The number of rotatable bonds is 13. The minimum Gasteiger partial charge on any atom is -0.310 e. The van der Waals surface area contributed by atoms with Crippen molar-refractivity contribution in [3.8, 4) is 5.69 Å². The molecule has 0 bridgehead atoms. The van der Waals surface area contributed by atoms with Crippen LogP contribution in [0.2, 0.25) is 0 Å². The third kappa shape index (κ3) is 8.74. The number of hydrogen-bond donors (Lipinski definition) is 0. The lowest BCUT2D eigenvalue weighted by Gasteiger charge is -2.27. The second-order valence-corrected chi connectivity index (χ2v) is 19.2. The van der Waals surface area contributed by atoms with Crippen molar-refractivity contribution in [2.24, 2.45) is 0 Å². The molecule has 0 fully saturated rings. The van der Waals surface area contributed by atoms with E-state index in [4.69, 9.17) is 0 Å². The molecule has 1 heterocycles. The summed E-state index contributed by atoms with van der Waals surface area (Å²) in [6.07, 6.45) is 0. The molecule has 1 aromatic heterocycles. The minimum absolute atomic E-state index is 1.08. The molecule has 0 spiro atoms. The van der Waals surface area contributed by atoms with Crippen molar-refractivity contribution >= 4 is 91.2 Å². The van der Waals surface area contributed by atoms with E-state index in [0.29, 0.717) is 0 Å². The monoisotopic (exact) mass is 901 g/mol. The van der Waals surface area contributed by atoms with Crippen LogP contribution in [-0.4, -0.2) is 4.57 Å². The van der Waals surface area contributed by atoms with Crippen molar-refractivity contribution in [2.75, 3.05) is 9.80 Å². The summed E-state index contributed by atoms with van der Waals surface area (Å²) in [6, 6.07) is 93.7. The SMILES string of the molecule is c1ccc(Sc2cc(Sc3cccc4c3c3ccccc3n4-c3cc(Sc4ccccc4)cc(N(c4ccccc4)c4ccccc4)c3)cc(N(c3ccccc3)c3ccccc3)c2)cc1. The van der Waals surface area contributed by atoms with Crippen LogP contribution < -0.4 is 9.80 Å². The Balaban J connectivity index is 1.08. The molecule has 11 aromatic rings. The Labute approximate surface area is 399 Å². The van der Waals surface area contributed by atoms with E-state index in [1.165, 1.54) is 30.4 Å². The molecule has 11 rings (SSSR count). The first-order chi connectivity index (χ1) is 32.7. The molecule has 0 radical (unpaired) electrons. The second kappa shape index (κ2) is 19.0. The van der Waals surface area contributed by atoms with Gasteiger partial charge in [0.25, 0.3) is 0 Å². The van der Waals surface area contributed by atoms with Crippen molar-refractivity contribution < 1.29 is 0 Å². The quantitative estimate of drug-likeness (QED) is 0.114. The highest BCUT2D eigenvalue weighted by Gasteiger charge is 2.21. The fourth-order valence-electron chi connectivity index (χ4n) is 8.62. The average Bonchev–Trinajstić information content (AvgIpc) is 3.71. The molecule has 0 atom stereocenters. The van der Waals surface area contributed by atoms with Crippen LogP contribution in [-0.2, 0) is 0 Å². The second-order valence-electron chi connectivity index (χ2n) is 15.8. The summed E-state index contributed by atoms with van der Waals surface area (Å²) < 4.78 is 2.46. The van der Waals surface area contributed by atoms with Crippen LogP contribution in [0.25, 0.3) is 27.5 Å². The number of anilines is 6. The molecular weight excluding hydrogens is 859 g/mol. The summed E-state index contributed by atoms with van der Waals surface area (Å²) in [4.78, 5) is 11.8. The van der Waals surface area contributed by atoms with E-state index in [9.17, 15) is 0 Å². The molecule has 10 aromatic carbocycles. The topological polar surface area (TPSA) is 11.4 Å². The van der Waals surface area contributed by atoms with Crippen molar-refractivity contribution in [3.05, 3.63) is 261 Å². The van der Waals surface area contributed by atoms with Gasteiger partial charge in [-0.15, -0.1) is 0 Å². The molecule has 0 aliphatic carbocycles. The van der Waals surface area contributed by atoms with E-state index in [2.05, 4.69) is 275 Å². The Morgan fingerprint density at radius 3 is 1.17 bits per heavy atom. The maximum Gasteiger partial charge on any atom is 0.0552 e. The summed E-state index contributed by atoms with van der Waals surface area (Å²) in [5, 5.41) is 2.45. The van der Waals surface area contributed by atoms with Crippen molar-refractivity contribution in [1.29, 1.82) is 0 Å². The molecule has 66 heavy (non-hydrogen) atoms. The fourth-order valence-corrected chi connectivity index (χ4v) is 11.6. The Morgan fingerprint density at radius 1 is 0.273 bits per heavy atom. The average molecular weight is 902 g/mol. The van der Waals surface area contributed by atoms with Crippen LogP contribution in [0.4, 0.5) is 34.1 Å². The zero-order valence-corrected chi connectivity index (χ0v) is 38.3. The first kappa shape index (κ1) is 41.4. The van der Waals surface area contributed by atoms with Gasteiger partial charge in [0.15, 0.2) is 0 Å². The van der Waals surface area contributed by atoms with Gasteiger partial charge in [0.2, 0.25) is 0 Å². The number of nitrogens with zero attached hydrogens (tertiary/aromatic N) is 3. The van der Waals surface area contributed by atoms with Gasteiger partial charge in [-0.05, 0) is 127 Å². The van der Waals surface area contributed by atoms with Crippen LogP contribution in [0, 0.1) is 0 Å². The van der Waals surface area contributed by atoms with Crippen LogP contribution in [0.5, 0.6) is 0 Å². The van der Waals surface area contributed by atoms with Crippen molar-refractivity contribution in [1.82, 2.24) is 4.57 Å². The Morgan fingerprint density at radius 2 is 0.667 bits per heavy atom. The van der Waals surface area contributed by atoms with Gasteiger partial charge < -0.3 is 14.4 Å². The van der Waals surface area contributed by atoms with Gasteiger partial charge >= 0.3 is 0 Å². The van der Waals surface area contributed by atoms with Crippen LogP contribution in [0.15, 0.2) is 290 Å². The van der Waals surface area contributed by atoms with Gasteiger partial charge in [-0.3, -0.25) is 0 Å². The molecule has 3 nitrogen and oxygen atoms in total. The smallest absolute Gasteiger partial charge is 0.0552 e. The predicted octanol–water partition coefficient (Wildman–Crippen LogP) is 18.2. The number of hydrogen-bond acceptors (Lipinski definition) is 5. The highest BCUT2D eigenvalue weighted by Crippen LogP contribution is 2.46. The summed E-state index contributed by atoms with van der Waals surface area (Å²) in [7, 11) is 0. The van der Waals surface area contributed by atoms with E-state index < -0.39 is 0 Å². The zero-order valence-electron chi connectivity index (χ0n) is 35.9. The molecular formula is C60H43N3S3. The Kier molecular flexibility index (Phi) is 11.9. The number of aromatic nitrogens is 1. The third-order valence-corrected chi connectivity index (χ3v) is 14.4. The Hall–Kier alpha value is -7.35. The van der Waals surface area contributed by atoms with Crippen LogP contribution >= 0.6 is 35.3 Å². The number of fused-ring (bicyclic) bond motifs is 3. The molecule has 0 unspecified atom stereocenters. The van der Waals surface area contributed by atoms with E-state index >= 15 is 0 Å². The Bertz CT molecular complexity index is 3300. The van der Waals surface area contributed by atoms with E-state index in [1.807, 2.05) is 11.8 Å². The minimum atomic E-state index is 1.08. The lowest BCUT2D eigenvalue weighted by molar-refractivity contribution is 1.15. The maximum absolute atomic E-state index is 2.46. The molecule has 0 amide bonds. The van der Waals surface area contributed by atoms with Gasteiger partial charge in [0.1, 0.15) is 0 Å². The highest BCUT2D eigenvalue weighted by atomic mass is 32.2. The highest BCUT2D eigenvalue weighted by molar-refractivity contribution is 8.00. The van der Waals surface area contributed by atoms with Gasteiger partial charge in [-0.1, -0.05) is 169 Å². The largest absolute Gasteiger partial charge is 0.310 e. The summed E-state index contributed by atoms with van der Waals surface area (Å²) in [5.74, 6) is 0. The molecule has 0 aliphatic heterocycles. The van der Waals surface area contributed by atoms with Gasteiger partial charge in [-0.25, -0.2) is 0 Å². The first-order valence-corrected chi connectivity index (χ1v) is 24.4. The van der Waals surface area contributed by atoms with E-state index in [1.54, 1.807) is 23.5 Å². The summed E-state index contributed by atoms with van der Waals surface area (Å²) >= 11 is 5.41. The molecule has 6 heteroatoms. The third-order valence-electron chi connectivity index (χ3n) is 11.4. The molecule has 316 valence electrons. The fraction of sp³-hybridized carbons (Fsp3) is 0.